The monoisotopic (exact) mass is 395 g/mol. The molecule has 1 aliphatic rings. The molecule has 5 nitrogen and oxygen atoms in total. The first-order valence-corrected chi connectivity index (χ1v) is 8.73. The Morgan fingerprint density at radius 3 is 2.62 bits per heavy atom. The molecule has 0 atom stereocenters. The SMILES string of the molecule is O=C1CN(c2ccc(CNC(=O)c3cc(F)c(Cl)cc3Cl)cc2)CCN1. The molecule has 136 valence electrons. The average Bonchev–Trinajstić information content (AvgIpc) is 2.63. The van der Waals surface area contributed by atoms with Crippen LogP contribution in [0.5, 0.6) is 0 Å². The van der Waals surface area contributed by atoms with E-state index in [-0.39, 0.29) is 28.1 Å². The van der Waals surface area contributed by atoms with Crippen molar-refractivity contribution >= 4 is 40.7 Å². The number of carbonyl (C=O) groups excluding carboxylic acids is 2. The summed E-state index contributed by atoms with van der Waals surface area (Å²) < 4.78 is 13.5. The molecule has 1 aliphatic heterocycles. The van der Waals surface area contributed by atoms with Crippen LogP contribution in [0.25, 0.3) is 0 Å². The van der Waals surface area contributed by atoms with Crippen LogP contribution >= 0.6 is 23.2 Å². The van der Waals surface area contributed by atoms with Crippen LogP contribution in [-0.4, -0.2) is 31.4 Å². The summed E-state index contributed by atoms with van der Waals surface area (Å²) in [5.41, 5.74) is 1.84. The van der Waals surface area contributed by atoms with Crippen LogP contribution in [0.1, 0.15) is 15.9 Å². The molecule has 0 saturated carbocycles. The van der Waals surface area contributed by atoms with Crippen molar-refractivity contribution in [2.24, 2.45) is 0 Å². The van der Waals surface area contributed by atoms with E-state index in [1.165, 1.54) is 6.07 Å². The summed E-state index contributed by atoms with van der Waals surface area (Å²) in [5.74, 6) is -1.18. The van der Waals surface area contributed by atoms with E-state index in [1.54, 1.807) is 0 Å². The van der Waals surface area contributed by atoms with E-state index in [4.69, 9.17) is 23.2 Å². The molecular weight excluding hydrogens is 380 g/mol. The summed E-state index contributed by atoms with van der Waals surface area (Å²) in [6.45, 7) is 1.97. The van der Waals surface area contributed by atoms with E-state index in [0.717, 1.165) is 23.9 Å². The standard InChI is InChI=1S/C18H16Cl2FN3O2/c19-14-8-15(20)16(21)7-13(14)18(26)23-9-11-1-3-12(4-2-11)24-6-5-22-17(25)10-24/h1-4,7-8H,5-6,9-10H2,(H,22,25)(H,23,26). The van der Waals surface area contributed by atoms with Gasteiger partial charge in [-0.25, -0.2) is 4.39 Å². The first kappa shape index (κ1) is 18.5. The van der Waals surface area contributed by atoms with Gasteiger partial charge in [0, 0.05) is 25.3 Å². The molecule has 1 fully saturated rings. The molecule has 26 heavy (non-hydrogen) atoms. The quantitative estimate of drug-likeness (QED) is 0.782. The Labute approximate surface area is 160 Å². The van der Waals surface area contributed by atoms with E-state index in [9.17, 15) is 14.0 Å². The van der Waals surface area contributed by atoms with Gasteiger partial charge in [-0.1, -0.05) is 35.3 Å². The van der Waals surface area contributed by atoms with Crippen LogP contribution < -0.4 is 15.5 Å². The van der Waals surface area contributed by atoms with Gasteiger partial charge in [0.1, 0.15) is 5.82 Å². The van der Waals surface area contributed by atoms with Gasteiger partial charge in [-0.3, -0.25) is 9.59 Å². The molecule has 2 amide bonds. The largest absolute Gasteiger partial charge is 0.360 e. The molecule has 0 spiro atoms. The lowest BCUT2D eigenvalue weighted by Crippen LogP contribution is -2.47. The number of hydrogen-bond acceptors (Lipinski definition) is 3. The summed E-state index contributed by atoms with van der Waals surface area (Å²) in [7, 11) is 0. The molecule has 0 aromatic heterocycles. The number of halogens is 3. The predicted octanol–water partition coefficient (Wildman–Crippen LogP) is 3.00. The van der Waals surface area contributed by atoms with Gasteiger partial charge >= 0.3 is 0 Å². The summed E-state index contributed by atoms with van der Waals surface area (Å²) in [6, 6.07) is 9.75. The van der Waals surface area contributed by atoms with Crippen molar-refractivity contribution in [3.8, 4) is 0 Å². The van der Waals surface area contributed by atoms with Crippen molar-refractivity contribution in [1.82, 2.24) is 10.6 Å². The molecule has 2 aromatic rings. The predicted molar refractivity (Wildman–Crippen MR) is 99.3 cm³/mol. The zero-order valence-corrected chi connectivity index (χ0v) is 15.2. The summed E-state index contributed by atoms with van der Waals surface area (Å²) in [5, 5.41) is 5.44. The van der Waals surface area contributed by atoms with Crippen molar-refractivity contribution in [3.63, 3.8) is 0 Å². The zero-order chi connectivity index (χ0) is 18.7. The average molecular weight is 396 g/mol. The van der Waals surface area contributed by atoms with E-state index in [0.29, 0.717) is 13.1 Å². The van der Waals surface area contributed by atoms with Crippen molar-refractivity contribution in [2.75, 3.05) is 24.5 Å². The van der Waals surface area contributed by atoms with Crippen molar-refractivity contribution in [1.29, 1.82) is 0 Å². The normalized spacial score (nSPS) is 14.1. The van der Waals surface area contributed by atoms with Gasteiger partial charge in [0.15, 0.2) is 0 Å². The first-order valence-electron chi connectivity index (χ1n) is 7.97. The third kappa shape index (κ3) is 4.26. The molecule has 3 rings (SSSR count). The topological polar surface area (TPSA) is 61.4 Å². The maximum Gasteiger partial charge on any atom is 0.253 e. The van der Waals surface area contributed by atoms with Crippen LogP contribution in [0.4, 0.5) is 10.1 Å². The van der Waals surface area contributed by atoms with Gasteiger partial charge in [0.25, 0.3) is 5.91 Å². The molecule has 8 heteroatoms. The van der Waals surface area contributed by atoms with Gasteiger partial charge in [-0.2, -0.15) is 0 Å². The van der Waals surface area contributed by atoms with Gasteiger partial charge < -0.3 is 15.5 Å². The smallest absolute Gasteiger partial charge is 0.253 e. The second-order valence-corrected chi connectivity index (χ2v) is 6.68. The Morgan fingerprint density at radius 1 is 1.19 bits per heavy atom. The summed E-state index contributed by atoms with van der Waals surface area (Å²) in [4.78, 5) is 25.6. The minimum Gasteiger partial charge on any atom is -0.360 e. The lowest BCUT2D eigenvalue weighted by molar-refractivity contribution is -0.120. The van der Waals surface area contributed by atoms with E-state index in [2.05, 4.69) is 10.6 Å². The molecule has 0 aliphatic carbocycles. The summed E-state index contributed by atoms with van der Waals surface area (Å²) in [6.07, 6.45) is 0. The molecule has 2 aromatic carbocycles. The number of carbonyl (C=O) groups is 2. The fraction of sp³-hybridized carbons (Fsp3) is 0.222. The van der Waals surface area contributed by atoms with E-state index in [1.807, 2.05) is 29.2 Å². The third-order valence-corrected chi connectivity index (χ3v) is 4.65. The molecular formula is C18H16Cl2FN3O2. The van der Waals surface area contributed by atoms with Gasteiger partial charge in [-0.05, 0) is 29.8 Å². The van der Waals surface area contributed by atoms with Gasteiger partial charge in [0.05, 0.1) is 22.2 Å². The van der Waals surface area contributed by atoms with Crippen molar-refractivity contribution in [2.45, 2.75) is 6.54 Å². The minimum atomic E-state index is -0.698. The molecule has 1 saturated heterocycles. The van der Waals surface area contributed by atoms with Crippen molar-refractivity contribution in [3.05, 3.63) is 63.4 Å². The Hall–Kier alpha value is -2.31. The molecule has 1 heterocycles. The Kier molecular flexibility index (Phi) is 5.64. The number of rotatable bonds is 4. The fourth-order valence-corrected chi connectivity index (χ4v) is 3.13. The highest BCUT2D eigenvalue weighted by molar-refractivity contribution is 6.36. The van der Waals surface area contributed by atoms with Crippen LogP contribution in [0, 0.1) is 5.82 Å². The van der Waals surface area contributed by atoms with Crippen LogP contribution in [0.2, 0.25) is 10.0 Å². The number of nitrogens with zero attached hydrogens (tertiary/aromatic N) is 1. The Bertz CT molecular complexity index is 843. The minimum absolute atomic E-state index is 0.000310. The summed E-state index contributed by atoms with van der Waals surface area (Å²) >= 11 is 11.6. The highest BCUT2D eigenvalue weighted by Crippen LogP contribution is 2.24. The highest BCUT2D eigenvalue weighted by atomic mass is 35.5. The fourth-order valence-electron chi connectivity index (χ4n) is 2.66. The van der Waals surface area contributed by atoms with Gasteiger partial charge in [-0.15, -0.1) is 0 Å². The first-order chi connectivity index (χ1) is 12.4. The number of hydrogen-bond donors (Lipinski definition) is 2. The van der Waals surface area contributed by atoms with Gasteiger partial charge in [0.2, 0.25) is 5.91 Å². The Balaban J connectivity index is 1.62. The van der Waals surface area contributed by atoms with Crippen LogP contribution in [0.3, 0.4) is 0 Å². The third-order valence-electron chi connectivity index (χ3n) is 4.05. The van der Waals surface area contributed by atoms with E-state index < -0.39 is 11.7 Å². The van der Waals surface area contributed by atoms with Crippen LogP contribution in [-0.2, 0) is 11.3 Å². The van der Waals surface area contributed by atoms with Crippen molar-refractivity contribution < 1.29 is 14.0 Å². The molecule has 0 bridgehead atoms. The number of nitrogens with one attached hydrogen (secondary N) is 2. The second kappa shape index (κ2) is 7.93. The zero-order valence-electron chi connectivity index (χ0n) is 13.7. The maximum absolute atomic E-state index is 13.5. The molecule has 0 radical (unpaired) electrons. The van der Waals surface area contributed by atoms with E-state index >= 15 is 0 Å². The molecule has 0 unspecified atom stereocenters. The highest BCUT2D eigenvalue weighted by Gasteiger charge is 2.17. The number of benzene rings is 2. The lowest BCUT2D eigenvalue weighted by Gasteiger charge is -2.28. The Morgan fingerprint density at radius 2 is 1.92 bits per heavy atom. The molecule has 2 N–H and O–H groups in total. The van der Waals surface area contributed by atoms with Crippen LogP contribution in [0.15, 0.2) is 36.4 Å². The second-order valence-electron chi connectivity index (χ2n) is 5.87. The lowest BCUT2D eigenvalue weighted by atomic mass is 10.1. The number of amides is 2. The maximum atomic E-state index is 13.5. The number of anilines is 1. The number of piperazine rings is 1.